The second-order valence-corrected chi connectivity index (χ2v) is 3.90. The van der Waals surface area contributed by atoms with E-state index in [-0.39, 0.29) is 0 Å². The lowest BCUT2D eigenvalue weighted by Crippen LogP contribution is -2.05. The van der Waals surface area contributed by atoms with Crippen molar-refractivity contribution in [2.75, 3.05) is 0 Å². The normalized spacial score (nSPS) is 19.4. The van der Waals surface area contributed by atoms with E-state index in [4.69, 9.17) is 4.74 Å². The van der Waals surface area contributed by atoms with Gasteiger partial charge in [-0.3, -0.25) is 0 Å². The summed E-state index contributed by atoms with van der Waals surface area (Å²) in [6, 6.07) is 12.7. The van der Waals surface area contributed by atoms with E-state index >= 15 is 0 Å². The van der Waals surface area contributed by atoms with Crippen LogP contribution in [0.5, 0.6) is 5.75 Å². The van der Waals surface area contributed by atoms with E-state index in [0.29, 0.717) is 6.10 Å². The van der Waals surface area contributed by atoms with Crippen molar-refractivity contribution in [2.24, 2.45) is 0 Å². The fraction of sp³-hybridized carbons (Fsp3) is 0.231. The van der Waals surface area contributed by atoms with E-state index in [9.17, 15) is 0 Å². The van der Waals surface area contributed by atoms with Gasteiger partial charge in [-0.1, -0.05) is 30.3 Å². The summed E-state index contributed by atoms with van der Waals surface area (Å²) >= 11 is 0. The number of rotatable bonds is 0. The molecule has 70 valence electrons. The molecule has 1 heteroatoms. The highest BCUT2D eigenvalue weighted by Crippen LogP contribution is 2.34. The van der Waals surface area contributed by atoms with Crippen molar-refractivity contribution < 1.29 is 4.74 Å². The minimum Gasteiger partial charge on any atom is -0.490 e. The lowest BCUT2D eigenvalue weighted by atomic mass is 10.0. The van der Waals surface area contributed by atoms with Gasteiger partial charge in [0, 0.05) is 12.0 Å². The summed E-state index contributed by atoms with van der Waals surface area (Å²) in [7, 11) is 0. The Balaban J connectivity index is 2.33. The molecule has 0 saturated heterocycles. The van der Waals surface area contributed by atoms with Crippen LogP contribution in [0.3, 0.4) is 0 Å². The molecular weight excluding hydrogens is 172 g/mol. The highest BCUT2D eigenvalue weighted by Gasteiger charge is 2.20. The van der Waals surface area contributed by atoms with Crippen molar-refractivity contribution in [1.29, 1.82) is 0 Å². The van der Waals surface area contributed by atoms with Crippen molar-refractivity contribution in [1.82, 2.24) is 0 Å². The Morgan fingerprint density at radius 1 is 1.14 bits per heavy atom. The largest absolute Gasteiger partial charge is 0.490 e. The predicted molar refractivity (Wildman–Crippen MR) is 57.7 cm³/mol. The number of benzene rings is 2. The molecule has 1 heterocycles. The molecular formula is C13H12O. The van der Waals surface area contributed by atoms with Crippen molar-refractivity contribution >= 4 is 10.8 Å². The van der Waals surface area contributed by atoms with Crippen LogP contribution in [0, 0.1) is 0 Å². The second-order valence-electron chi connectivity index (χ2n) is 3.90. The molecule has 0 fully saturated rings. The number of fused-ring (bicyclic) bond motifs is 3. The molecule has 14 heavy (non-hydrogen) atoms. The van der Waals surface area contributed by atoms with Gasteiger partial charge in [-0.15, -0.1) is 0 Å². The van der Waals surface area contributed by atoms with Crippen LogP contribution in [0.15, 0.2) is 36.4 Å². The fourth-order valence-corrected chi connectivity index (χ4v) is 2.18. The van der Waals surface area contributed by atoms with Crippen LogP contribution in [-0.4, -0.2) is 6.10 Å². The maximum atomic E-state index is 5.71. The maximum absolute atomic E-state index is 5.71. The zero-order valence-electron chi connectivity index (χ0n) is 8.16. The first-order valence-corrected chi connectivity index (χ1v) is 5.02. The molecule has 0 aliphatic carbocycles. The van der Waals surface area contributed by atoms with E-state index in [1.165, 1.54) is 16.3 Å². The van der Waals surface area contributed by atoms with Crippen molar-refractivity contribution in [3.63, 3.8) is 0 Å². The molecule has 0 radical (unpaired) electrons. The predicted octanol–water partition coefficient (Wildman–Crippen LogP) is 3.16. The summed E-state index contributed by atoms with van der Waals surface area (Å²) in [5.74, 6) is 1.07. The van der Waals surface area contributed by atoms with E-state index in [1.54, 1.807) is 0 Å². The van der Waals surface area contributed by atoms with Crippen LogP contribution < -0.4 is 4.74 Å². The van der Waals surface area contributed by atoms with Crippen LogP contribution in [-0.2, 0) is 6.42 Å². The third-order valence-corrected chi connectivity index (χ3v) is 2.82. The molecule has 0 spiro atoms. The Morgan fingerprint density at radius 3 is 2.93 bits per heavy atom. The van der Waals surface area contributed by atoms with Crippen molar-refractivity contribution in [3.05, 3.63) is 42.0 Å². The zero-order valence-corrected chi connectivity index (χ0v) is 8.16. The van der Waals surface area contributed by atoms with Crippen LogP contribution in [0.1, 0.15) is 12.5 Å². The van der Waals surface area contributed by atoms with Gasteiger partial charge >= 0.3 is 0 Å². The Hall–Kier alpha value is -1.50. The minimum absolute atomic E-state index is 0.329. The van der Waals surface area contributed by atoms with Gasteiger partial charge < -0.3 is 4.74 Å². The Morgan fingerprint density at radius 2 is 2.00 bits per heavy atom. The van der Waals surface area contributed by atoms with Crippen LogP contribution in [0.4, 0.5) is 0 Å². The Kier molecular flexibility index (Phi) is 1.54. The summed E-state index contributed by atoms with van der Waals surface area (Å²) in [6.07, 6.45) is 1.37. The molecule has 1 aliphatic rings. The Labute approximate surface area is 83.3 Å². The van der Waals surface area contributed by atoms with Crippen LogP contribution >= 0.6 is 0 Å². The smallest absolute Gasteiger partial charge is 0.123 e. The molecule has 0 saturated carbocycles. The Bertz CT molecular complexity index is 488. The van der Waals surface area contributed by atoms with Gasteiger partial charge in [0.15, 0.2) is 0 Å². The minimum atomic E-state index is 0.329. The standard InChI is InChI=1S/C13H12O/c1-9-8-12-11-5-3-2-4-10(11)6-7-13(12)14-9/h2-7,9H,8H2,1H3/t9-/m0/s1. The van der Waals surface area contributed by atoms with E-state index in [0.717, 1.165) is 12.2 Å². The average Bonchev–Trinajstić information content (AvgIpc) is 2.59. The van der Waals surface area contributed by atoms with Gasteiger partial charge in [0.05, 0.1) is 0 Å². The van der Waals surface area contributed by atoms with Crippen molar-refractivity contribution in [2.45, 2.75) is 19.4 Å². The molecule has 0 amide bonds. The molecule has 0 unspecified atom stereocenters. The molecule has 2 aromatic carbocycles. The van der Waals surface area contributed by atoms with Crippen LogP contribution in [0.2, 0.25) is 0 Å². The second kappa shape index (κ2) is 2.74. The SMILES string of the molecule is C[C@H]1Cc2c(ccc3ccccc23)O1. The van der Waals surface area contributed by atoms with Crippen molar-refractivity contribution in [3.8, 4) is 5.75 Å². The molecule has 0 bridgehead atoms. The van der Waals surface area contributed by atoms with Gasteiger partial charge in [0.2, 0.25) is 0 Å². The van der Waals surface area contributed by atoms with E-state index < -0.39 is 0 Å². The topological polar surface area (TPSA) is 9.23 Å². The quantitative estimate of drug-likeness (QED) is 0.611. The fourth-order valence-electron chi connectivity index (χ4n) is 2.18. The first-order chi connectivity index (χ1) is 6.84. The summed E-state index contributed by atoms with van der Waals surface area (Å²) in [6.45, 7) is 2.12. The highest BCUT2D eigenvalue weighted by molar-refractivity contribution is 5.88. The zero-order chi connectivity index (χ0) is 9.54. The number of hydrogen-bond acceptors (Lipinski definition) is 1. The van der Waals surface area contributed by atoms with Gasteiger partial charge in [-0.2, -0.15) is 0 Å². The number of ether oxygens (including phenoxy) is 1. The van der Waals surface area contributed by atoms with Gasteiger partial charge in [0.1, 0.15) is 11.9 Å². The van der Waals surface area contributed by atoms with Crippen LogP contribution in [0.25, 0.3) is 10.8 Å². The van der Waals surface area contributed by atoms with Gasteiger partial charge in [-0.05, 0) is 23.8 Å². The highest BCUT2D eigenvalue weighted by atomic mass is 16.5. The van der Waals surface area contributed by atoms with Gasteiger partial charge in [-0.25, -0.2) is 0 Å². The van der Waals surface area contributed by atoms with E-state index in [2.05, 4.69) is 43.3 Å². The maximum Gasteiger partial charge on any atom is 0.123 e. The molecule has 1 atom stereocenters. The third-order valence-electron chi connectivity index (χ3n) is 2.82. The molecule has 0 aromatic heterocycles. The number of hydrogen-bond donors (Lipinski definition) is 0. The third kappa shape index (κ3) is 1.02. The first-order valence-electron chi connectivity index (χ1n) is 5.02. The average molecular weight is 184 g/mol. The molecule has 1 aliphatic heterocycles. The molecule has 2 aromatic rings. The summed E-state index contributed by atoms with van der Waals surface area (Å²) in [5.41, 5.74) is 1.37. The summed E-state index contributed by atoms with van der Waals surface area (Å²) in [5, 5.41) is 2.65. The first kappa shape index (κ1) is 7.86. The lowest BCUT2D eigenvalue weighted by Gasteiger charge is -2.03. The van der Waals surface area contributed by atoms with Gasteiger partial charge in [0.25, 0.3) is 0 Å². The monoisotopic (exact) mass is 184 g/mol. The molecule has 0 N–H and O–H groups in total. The molecule has 3 rings (SSSR count). The summed E-state index contributed by atoms with van der Waals surface area (Å²) in [4.78, 5) is 0. The lowest BCUT2D eigenvalue weighted by molar-refractivity contribution is 0.254. The summed E-state index contributed by atoms with van der Waals surface area (Å²) < 4.78 is 5.71. The molecule has 1 nitrogen and oxygen atoms in total. The van der Waals surface area contributed by atoms with E-state index in [1.807, 2.05) is 0 Å².